The number of carbonyl (C=O) groups excluding carboxylic acids is 2. The van der Waals surface area contributed by atoms with Gasteiger partial charge in [-0.05, 0) is 30.7 Å². The van der Waals surface area contributed by atoms with Crippen LogP contribution in [0.4, 0.5) is 5.69 Å². The number of rotatable bonds is 13. The van der Waals surface area contributed by atoms with Crippen LogP contribution in [-0.4, -0.2) is 11.9 Å². The summed E-state index contributed by atoms with van der Waals surface area (Å²) in [5.74, 6) is -0.558. The lowest BCUT2D eigenvalue weighted by molar-refractivity contribution is -0.116. The molecule has 174 valence electrons. The average Bonchev–Trinajstić information content (AvgIpc) is 2.76. The first kappa shape index (κ1) is 26.5. The Morgan fingerprint density at radius 2 is 1.44 bits per heavy atom. The zero-order chi connectivity index (χ0) is 23.3. The monoisotopic (exact) mass is 497 g/mol. The number of nitrogens with one attached hydrogen (secondary N) is 1. The van der Waals surface area contributed by atoms with E-state index in [-0.39, 0.29) is 32.3 Å². The van der Waals surface area contributed by atoms with Gasteiger partial charge in [0.15, 0.2) is 5.75 Å². The summed E-state index contributed by atoms with van der Waals surface area (Å²) in [4.78, 5) is 24.7. The lowest BCUT2D eigenvalue weighted by atomic mass is 10.1. The van der Waals surface area contributed by atoms with Crippen molar-refractivity contribution in [2.24, 2.45) is 0 Å². The van der Waals surface area contributed by atoms with E-state index in [0.717, 1.165) is 19.3 Å². The summed E-state index contributed by atoms with van der Waals surface area (Å²) >= 11 is 17.9. The Kier molecular flexibility index (Phi) is 11.9. The summed E-state index contributed by atoms with van der Waals surface area (Å²) in [5.41, 5.74) is 0.827. The van der Waals surface area contributed by atoms with Crippen molar-refractivity contribution in [3.63, 3.8) is 0 Å². The molecule has 32 heavy (non-hydrogen) atoms. The van der Waals surface area contributed by atoms with E-state index in [0.29, 0.717) is 12.1 Å². The van der Waals surface area contributed by atoms with Gasteiger partial charge in [0, 0.05) is 18.2 Å². The van der Waals surface area contributed by atoms with Gasteiger partial charge in [-0.3, -0.25) is 4.79 Å². The maximum atomic E-state index is 12.5. The van der Waals surface area contributed by atoms with Gasteiger partial charge in [0.05, 0.1) is 20.6 Å². The van der Waals surface area contributed by atoms with E-state index in [1.807, 2.05) is 0 Å². The van der Waals surface area contributed by atoms with Crippen LogP contribution in [0.2, 0.25) is 15.1 Å². The van der Waals surface area contributed by atoms with Crippen molar-refractivity contribution in [2.75, 3.05) is 5.32 Å². The van der Waals surface area contributed by atoms with E-state index in [1.54, 1.807) is 24.3 Å². The molecule has 0 radical (unpaired) electrons. The van der Waals surface area contributed by atoms with E-state index in [9.17, 15) is 9.59 Å². The number of halogens is 3. The van der Waals surface area contributed by atoms with Crippen LogP contribution in [-0.2, 0) is 4.79 Å². The number of hydrogen-bond donors (Lipinski definition) is 1. The third-order valence-electron chi connectivity index (χ3n) is 5.07. The number of amides is 1. The Balaban J connectivity index is 1.77. The number of anilines is 1. The Morgan fingerprint density at radius 1 is 0.812 bits per heavy atom. The number of benzene rings is 2. The van der Waals surface area contributed by atoms with Gasteiger partial charge in [0.2, 0.25) is 5.91 Å². The van der Waals surface area contributed by atoms with Gasteiger partial charge in [-0.2, -0.15) is 0 Å². The van der Waals surface area contributed by atoms with Gasteiger partial charge in [0.25, 0.3) is 0 Å². The van der Waals surface area contributed by atoms with Crippen LogP contribution in [0, 0.1) is 0 Å². The average molecular weight is 499 g/mol. The maximum absolute atomic E-state index is 12.5. The second-order valence-corrected chi connectivity index (χ2v) is 9.02. The minimum atomic E-state index is -0.611. The molecule has 0 aromatic heterocycles. The molecule has 1 N–H and O–H groups in total. The van der Waals surface area contributed by atoms with Gasteiger partial charge in [-0.25, -0.2) is 4.79 Å². The fraction of sp³-hybridized carbons (Fsp3) is 0.440. The summed E-state index contributed by atoms with van der Waals surface area (Å²) in [6.07, 6.45) is 11.3. The summed E-state index contributed by atoms with van der Waals surface area (Å²) < 4.78 is 5.33. The number of carbonyl (C=O) groups is 2. The molecule has 0 fully saturated rings. The lowest BCUT2D eigenvalue weighted by Gasteiger charge is -2.09. The molecule has 0 saturated carbocycles. The number of unbranched alkanes of at least 4 members (excludes halogenated alkanes) is 8. The molecule has 0 saturated heterocycles. The molecule has 2 rings (SSSR count). The standard InChI is InChI=1S/C25H30Cl3NO3/c1-2-3-4-5-6-7-8-9-10-14-24(30)29-19-13-11-12-18(15-19)25(31)32-23-17-21(27)20(26)16-22(23)28/h11-13,15-17H,2-10,14H2,1H3,(H,29,30). The minimum Gasteiger partial charge on any atom is -0.421 e. The van der Waals surface area contributed by atoms with E-state index >= 15 is 0 Å². The summed E-state index contributed by atoms with van der Waals surface area (Å²) in [6, 6.07) is 9.39. The molecular weight excluding hydrogens is 469 g/mol. The van der Waals surface area contributed by atoms with Crippen molar-refractivity contribution in [3.8, 4) is 5.75 Å². The molecular formula is C25H30Cl3NO3. The SMILES string of the molecule is CCCCCCCCCCCC(=O)Nc1cccc(C(=O)Oc2cc(Cl)c(Cl)cc2Cl)c1. The van der Waals surface area contributed by atoms with Gasteiger partial charge >= 0.3 is 5.97 Å². The van der Waals surface area contributed by atoms with Crippen LogP contribution in [0.15, 0.2) is 36.4 Å². The fourth-order valence-electron chi connectivity index (χ4n) is 3.28. The molecule has 0 aliphatic heterocycles. The molecule has 0 bridgehead atoms. The molecule has 0 aliphatic rings. The molecule has 0 atom stereocenters. The first-order valence-corrected chi connectivity index (χ1v) is 12.3. The predicted octanol–water partition coefficient (Wildman–Crippen LogP) is 8.73. The lowest BCUT2D eigenvalue weighted by Crippen LogP contribution is -2.13. The molecule has 4 nitrogen and oxygen atoms in total. The van der Waals surface area contributed by atoms with Crippen LogP contribution in [0.5, 0.6) is 5.75 Å². The van der Waals surface area contributed by atoms with Crippen LogP contribution >= 0.6 is 34.8 Å². The number of esters is 1. The fourth-order valence-corrected chi connectivity index (χ4v) is 3.86. The maximum Gasteiger partial charge on any atom is 0.343 e. The molecule has 0 heterocycles. The Morgan fingerprint density at radius 3 is 2.12 bits per heavy atom. The van der Waals surface area contributed by atoms with E-state index in [2.05, 4.69) is 12.2 Å². The Labute approximate surface area is 205 Å². The minimum absolute atomic E-state index is 0.0639. The van der Waals surface area contributed by atoms with Crippen molar-refractivity contribution in [2.45, 2.75) is 71.1 Å². The molecule has 1 amide bonds. The highest BCUT2D eigenvalue weighted by Crippen LogP contribution is 2.34. The smallest absolute Gasteiger partial charge is 0.343 e. The molecule has 0 unspecified atom stereocenters. The molecule has 2 aromatic rings. The van der Waals surface area contributed by atoms with Crippen molar-refractivity contribution >= 4 is 52.4 Å². The molecule has 0 aliphatic carbocycles. The van der Waals surface area contributed by atoms with Crippen molar-refractivity contribution < 1.29 is 14.3 Å². The predicted molar refractivity (Wildman–Crippen MR) is 133 cm³/mol. The molecule has 2 aromatic carbocycles. The number of ether oxygens (including phenoxy) is 1. The Hall–Kier alpha value is -1.75. The zero-order valence-electron chi connectivity index (χ0n) is 18.4. The highest BCUT2D eigenvalue weighted by molar-refractivity contribution is 6.43. The van der Waals surface area contributed by atoms with Crippen LogP contribution < -0.4 is 10.1 Å². The van der Waals surface area contributed by atoms with Crippen LogP contribution in [0.3, 0.4) is 0 Å². The third kappa shape index (κ3) is 9.40. The Bertz CT molecular complexity index is 902. The summed E-state index contributed by atoms with van der Waals surface area (Å²) in [5, 5.41) is 3.53. The first-order valence-electron chi connectivity index (χ1n) is 11.2. The molecule has 0 spiro atoms. The second-order valence-electron chi connectivity index (χ2n) is 7.79. The highest BCUT2D eigenvalue weighted by atomic mass is 35.5. The van der Waals surface area contributed by atoms with Crippen LogP contribution in [0.1, 0.15) is 81.5 Å². The highest BCUT2D eigenvalue weighted by Gasteiger charge is 2.14. The van der Waals surface area contributed by atoms with Crippen molar-refractivity contribution in [3.05, 3.63) is 57.0 Å². The van der Waals surface area contributed by atoms with Gasteiger partial charge in [-0.1, -0.05) is 99.2 Å². The van der Waals surface area contributed by atoms with Crippen molar-refractivity contribution in [1.82, 2.24) is 0 Å². The van der Waals surface area contributed by atoms with Crippen LogP contribution in [0.25, 0.3) is 0 Å². The largest absolute Gasteiger partial charge is 0.421 e. The van der Waals surface area contributed by atoms with Gasteiger partial charge < -0.3 is 10.1 Å². The topological polar surface area (TPSA) is 55.4 Å². The summed E-state index contributed by atoms with van der Waals surface area (Å²) in [7, 11) is 0. The van der Waals surface area contributed by atoms with E-state index in [4.69, 9.17) is 39.5 Å². The normalized spacial score (nSPS) is 10.8. The van der Waals surface area contributed by atoms with Crippen molar-refractivity contribution in [1.29, 1.82) is 0 Å². The number of hydrogen-bond acceptors (Lipinski definition) is 3. The first-order chi connectivity index (χ1) is 15.4. The summed E-state index contributed by atoms with van der Waals surface area (Å²) in [6.45, 7) is 2.22. The third-order valence-corrected chi connectivity index (χ3v) is 6.08. The van der Waals surface area contributed by atoms with Gasteiger partial charge in [-0.15, -0.1) is 0 Å². The van der Waals surface area contributed by atoms with E-state index < -0.39 is 5.97 Å². The quantitative estimate of drug-likeness (QED) is 0.130. The van der Waals surface area contributed by atoms with E-state index in [1.165, 1.54) is 50.7 Å². The second kappa shape index (κ2) is 14.4. The zero-order valence-corrected chi connectivity index (χ0v) is 20.7. The molecule has 7 heteroatoms. The van der Waals surface area contributed by atoms with Gasteiger partial charge in [0.1, 0.15) is 0 Å².